The van der Waals surface area contributed by atoms with Gasteiger partial charge in [-0.2, -0.15) is 0 Å². The first kappa shape index (κ1) is 19.8. The summed E-state index contributed by atoms with van der Waals surface area (Å²) in [6.45, 7) is 6.43. The van der Waals surface area contributed by atoms with E-state index >= 15 is 0 Å². The van der Waals surface area contributed by atoms with Crippen molar-refractivity contribution in [2.75, 3.05) is 37.7 Å². The van der Waals surface area contributed by atoms with Gasteiger partial charge in [-0.3, -0.25) is 14.3 Å². The third kappa shape index (κ3) is 4.55. The second-order valence-electron chi connectivity index (χ2n) is 7.73. The van der Waals surface area contributed by atoms with Gasteiger partial charge < -0.3 is 14.5 Å². The summed E-state index contributed by atoms with van der Waals surface area (Å²) in [5.74, 6) is 1.62. The Morgan fingerprint density at radius 3 is 2.69 bits per heavy atom. The van der Waals surface area contributed by atoms with Crippen molar-refractivity contribution in [2.24, 2.45) is 0 Å². The molecule has 1 atom stereocenters. The molecule has 2 aromatic heterocycles. The largest absolute Gasteiger partial charge is 0.377 e. The summed E-state index contributed by atoms with van der Waals surface area (Å²) < 4.78 is 7.59. The lowest BCUT2D eigenvalue weighted by atomic mass is 10.2. The van der Waals surface area contributed by atoms with Crippen LogP contribution in [0, 0.1) is 0 Å². The summed E-state index contributed by atoms with van der Waals surface area (Å²) in [6, 6.07) is 0.197. The Kier molecular flexibility index (Phi) is 6.33. The summed E-state index contributed by atoms with van der Waals surface area (Å²) >= 11 is 0. The van der Waals surface area contributed by atoms with Crippen molar-refractivity contribution in [1.29, 1.82) is 0 Å². The molecule has 0 aliphatic carbocycles. The second-order valence-corrected chi connectivity index (χ2v) is 7.73. The summed E-state index contributed by atoms with van der Waals surface area (Å²) in [6.07, 6.45) is 10.0. The van der Waals surface area contributed by atoms with E-state index in [4.69, 9.17) is 4.74 Å². The van der Waals surface area contributed by atoms with Crippen molar-refractivity contribution < 1.29 is 9.53 Å². The minimum Gasteiger partial charge on any atom is -0.377 e. The quantitative estimate of drug-likeness (QED) is 0.757. The van der Waals surface area contributed by atoms with Gasteiger partial charge in [0, 0.05) is 45.0 Å². The molecular weight excluding hydrogens is 370 g/mol. The lowest BCUT2D eigenvalue weighted by molar-refractivity contribution is -0.131. The second kappa shape index (κ2) is 9.30. The molecule has 2 saturated heterocycles. The molecule has 9 heteroatoms. The molecule has 2 aliphatic heterocycles. The topological polar surface area (TPSA) is 89.3 Å². The predicted molar refractivity (Wildman–Crippen MR) is 108 cm³/mol. The Morgan fingerprint density at radius 1 is 1.14 bits per heavy atom. The molecule has 0 bridgehead atoms. The van der Waals surface area contributed by atoms with Crippen LogP contribution < -0.4 is 4.90 Å². The standard InChI is InChI=1S/C20H29N7O2/c1-16-15-29-13-12-26(16)20-24-23-19(17-14-21-7-8-22-17)27(20)11-6-18(28)25-9-4-2-3-5-10-25/h7-8,14,16H,2-6,9-13,15H2,1H3. The van der Waals surface area contributed by atoms with Gasteiger partial charge in [-0.15, -0.1) is 10.2 Å². The average Bonchev–Trinajstić information content (AvgIpc) is 2.97. The van der Waals surface area contributed by atoms with Crippen LogP contribution in [0.3, 0.4) is 0 Å². The molecular formula is C20H29N7O2. The van der Waals surface area contributed by atoms with Crippen molar-refractivity contribution >= 4 is 11.9 Å². The normalized spacial score (nSPS) is 20.5. The summed E-state index contributed by atoms with van der Waals surface area (Å²) in [4.78, 5) is 25.6. The van der Waals surface area contributed by atoms with Crippen LogP contribution in [0.1, 0.15) is 39.0 Å². The zero-order valence-electron chi connectivity index (χ0n) is 17.0. The van der Waals surface area contributed by atoms with E-state index in [1.165, 1.54) is 12.8 Å². The molecule has 0 aromatic carbocycles. The van der Waals surface area contributed by atoms with E-state index in [9.17, 15) is 4.79 Å². The number of carbonyl (C=O) groups is 1. The first-order valence-corrected chi connectivity index (χ1v) is 10.6. The van der Waals surface area contributed by atoms with Gasteiger partial charge in [-0.1, -0.05) is 12.8 Å². The minimum absolute atomic E-state index is 0.197. The van der Waals surface area contributed by atoms with Gasteiger partial charge in [0.2, 0.25) is 11.9 Å². The van der Waals surface area contributed by atoms with Crippen LogP contribution >= 0.6 is 0 Å². The lowest BCUT2D eigenvalue weighted by Gasteiger charge is -2.34. The molecule has 1 amide bonds. The summed E-state index contributed by atoms with van der Waals surface area (Å²) in [5.41, 5.74) is 0.661. The maximum atomic E-state index is 12.9. The van der Waals surface area contributed by atoms with Crippen molar-refractivity contribution in [3.05, 3.63) is 18.6 Å². The van der Waals surface area contributed by atoms with E-state index < -0.39 is 0 Å². The van der Waals surface area contributed by atoms with E-state index in [2.05, 4.69) is 32.0 Å². The van der Waals surface area contributed by atoms with Crippen molar-refractivity contribution in [2.45, 2.75) is 51.6 Å². The zero-order valence-corrected chi connectivity index (χ0v) is 17.0. The Labute approximate surface area is 171 Å². The average molecular weight is 399 g/mol. The first-order valence-electron chi connectivity index (χ1n) is 10.6. The molecule has 4 heterocycles. The number of hydrogen-bond donors (Lipinski definition) is 0. The van der Waals surface area contributed by atoms with E-state index in [0.717, 1.165) is 38.4 Å². The SMILES string of the molecule is CC1COCCN1c1nnc(-c2cnccn2)n1CCC(=O)N1CCCCCC1. The fourth-order valence-corrected chi connectivity index (χ4v) is 4.03. The molecule has 0 saturated carbocycles. The van der Waals surface area contributed by atoms with Crippen molar-refractivity contribution in [3.63, 3.8) is 0 Å². The summed E-state index contributed by atoms with van der Waals surface area (Å²) in [7, 11) is 0. The number of aromatic nitrogens is 5. The van der Waals surface area contributed by atoms with E-state index in [1.807, 2.05) is 9.47 Å². The lowest BCUT2D eigenvalue weighted by Crippen LogP contribution is -2.45. The number of rotatable bonds is 5. The molecule has 0 N–H and O–H groups in total. The monoisotopic (exact) mass is 399 g/mol. The van der Waals surface area contributed by atoms with Gasteiger partial charge in [0.25, 0.3) is 0 Å². The van der Waals surface area contributed by atoms with E-state index in [-0.39, 0.29) is 11.9 Å². The molecule has 0 radical (unpaired) electrons. The summed E-state index contributed by atoms with van der Waals surface area (Å²) in [5, 5.41) is 8.87. The molecule has 0 spiro atoms. The van der Waals surface area contributed by atoms with Gasteiger partial charge in [0.15, 0.2) is 5.82 Å². The molecule has 9 nitrogen and oxygen atoms in total. The molecule has 4 rings (SSSR count). The number of amides is 1. The molecule has 29 heavy (non-hydrogen) atoms. The first-order chi connectivity index (χ1) is 14.2. The number of likely N-dealkylation sites (tertiary alicyclic amines) is 1. The van der Waals surface area contributed by atoms with Crippen molar-refractivity contribution in [3.8, 4) is 11.5 Å². The molecule has 2 aliphatic rings. The molecule has 1 unspecified atom stereocenters. The van der Waals surface area contributed by atoms with Crippen LogP contribution in [0.15, 0.2) is 18.6 Å². The highest BCUT2D eigenvalue weighted by molar-refractivity contribution is 5.76. The fourth-order valence-electron chi connectivity index (χ4n) is 4.03. The number of morpholine rings is 1. The van der Waals surface area contributed by atoms with Gasteiger partial charge in [0.1, 0.15) is 5.69 Å². The number of carbonyl (C=O) groups excluding carboxylic acids is 1. The number of anilines is 1. The van der Waals surface area contributed by atoms with Crippen molar-refractivity contribution in [1.82, 2.24) is 29.6 Å². The van der Waals surface area contributed by atoms with Gasteiger partial charge >= 0.3 is 0 Å². The van der Waals surface area contributed by atoms with Gasteiger partial charge in [-0.05, 0) is 19.8 Å². The van der Waals surface area contributed by atoms with Crippen LogP contribution in [0.2, 0.25) is 0 Å². The Morgan fingerprint density at radius 2 is 1.97 bits per heavy atom. The Balaban J connectivity index is 1.57. The van der Waals surface area contributed by atoms with E-state index in [1.54, 1.807) is 18.6 Å². The van der Waals surface area contributed by atoms with Crippen LogP contribution in [-0.2, 0) is 16.1 Å². The third-order valence-corrected chi connectivity index (χ3v) is 5.66. The Bertz CT molecular complexity index is 802. The van der Waals surface area contributed by atoms with Gasteiger partial charge in [0.05, 0.1) is 25.5 Å². The van der Waals surface area contributed by atoms with Crippen LogP contribution in [-0.4, -0.2) is 74.4 Å². The maximum Gasteiger partial charge on any atom is 0.227 e. The third-order valence-electron chi connectivity index (χ3n) is 5.66. The maximum absolute atomic E-state index is 12.9. The fraction of sp³-hybridized carbons (Fsp3) is 0.650. The van der Waals surface area contributed by atoms with Crippen LogP contribution in [0.4, 0.5) is 5.95 Å². The Hall–Kier alpha value is -2.55. The number of hydrogen-bond acceptors (Lipinski definition) is 7. The molecule has 2 aromatic rings. The number of ether oxygens (including phenoxy) is 1. The predicted octanol–water partition coefficient (Wildman–Crippen LogP) is 1.75. The highest BCUT2D eigenvalue weighted by atomic mass is 16.5. The highest BCUT2D eigenvalue weighted by Crippen LogP contribution is 2.24. The minimum atomic E-state index is 0.197. The smallest absolute Gasteiger partial charge is 0.227 e. The van der Waals surface area contributed by atoms with E-state index in [0.29, 0.717) is 37.7 Å². The van der Waals surface area contributed by atoms with Gasteiger partial charge in [-0.25, -0.2) is 4.98 Å². The number of nitrogens with zero attached hydrogens (tertiary/aromatic N) is 7. The molecule has 156 valence electrons. The molecule has 2 fully saturated rings. The van der Waals surface area contributed by atoms with Crippen LogP contribution in [0.5, 0.6) is 0 Å². The van der Waals surface area contributed by atoms with Crippen LogP contribution in [0.25, 0.3) is 11.5 Å². The zero-order chi connectivity index (χ0) is 20.1. The highest BCUT2D eigenvalue weighted by Gasteiger charge is 2.27.